The Morgan fingerprint density at radius 3 is 2.60 bits per heavy atom. The molecule has 0 saturated heterocycles. The van der Waals surface area contributed by atoms with Crippen LogP contribution in [0.3, 0.4) is 0 Å². The molecule has 0 bridgehead atoms. The molecular formula is C22H17F4N3O. The maximum atomic E-state index is 13.5. The highest BCUT2D eigenvalue weighted by Gasteiger charge is 2.34. The van der Waals surface area contributed by atoms with E-state index in [0.29, 0.717) is 29.9 Å². The molecule has 4 rings (SSSR count). The van der Waals surface area contributed by atoms with Crippen molar-refractivity contribution >= 4 is 17.4 Å². The summed E-state index contributed by atoms with van der Waals surface area (Å²) in [6, 6.07) is 11.8. The number of halogens is 4. The first kappa shape index (κ1) is 19.9. The maximum Gasteiger partial charge on any atom is 0.419 e. The van der Waals surface area contributed by atoms with Crippen molar-refractivity contribution in [3.8, 4) is 0 Å². The van der Waals surface area contributed by atoms with Gasteiger partial charge in [-0.05, 0) is 65.9 Å². The van der Waals surface area contributed by atoms with Crippen molar-refractivity contribution in [2.45, 2.75) is 19.0 Å². The highest BCUT2D eigenvalue weighted by molar-refractivity contribution is 5.96. The van der Waals surface area contributed by atoms with Crippen LogP contribution in [0.15, 0.2) is 54.7 Å². The molecule has 0 aliphatic carbocycles. The number of nitrogens with two attached hydrogens (primary N) is 1. The van der Waals surface area contributed by atoms with Gasteiger partial charge in [0.15, 0.2) is 0 Å². The van der Waals surface area contributed by atoms with E-state index in [2.05, 4.69) is 4.98 Å². The highest BCUT2D eigenvalue weighted by Crippen LogP contribution is 2.36. The Bertz CT molecular complexity index is 1130. The Morgan fingerprint density at radius 2 is 1.87 bits per heavy atom. The molecule has 2 aromatic carbocycles. The third kappa shape index (κ3) is 3.72. The highest BCUT2D eigenvalue weighted by atomic mass is 19.4. The summed E-state index contributed by atoms with van der Waals surface area (Å²) in [5.74, 6) is -1.17. The summed E-state index contributed by atoms with van der Waals surface area (Å²) in [4.78, 5) is 18.0. The molecule has 0 unspecified atom stereocenters. The zero-order chi connectivity index (χ0) is 21.5. The molecule has 2 N–H and O–H groups in total. The molecule has 1 aliphatic rings. The SMILES string of the molecule is NC(=O)c1cccc2c1CCN2c1cc(Cc2ccc(F)c(C(F)(F)F)c2)ccn1. The monoisotopic (exact) mass is 415 g/mol. The van der Waals surface area contributed by atoms with Gasteiger partial charge in [0.1, 0.15) is 11.6 Å². The fourth-order valence-corrected chi connectivity index (χ4v) is 3.76. The van der Waals surface area contributed by atoms with Gasteiger partial charge in [-0.1, -0.05) is 12.1 Å². The molecule has 8 heteroatoms. The van der Waals surface area contributed by atoms with Gasteiger partial charge < -0.3 is 10.6 Å². The third-order valence-electron chi connectivity index (χ3n) is 5.12. The van der Waals surface area contributed by atoms with E-state index < -0.39 is 23.5 Å². The van der Waals surface area contributed by atoms with Crippen LogP contribution in [0.5, 0.6) is 0 Å². The smallest absolute Gasteiger partial charge is 0.366 e. The molecule has 30 heavy (non-hydrogen) atoms. The van der Waals surface area contributed by atoms with E-state index in [9.17, 15) is 22.4 Å². The molecular weight excluding hydrogens is 398 g/mol. The number of alkyl halides is 3. The van der Waals surface area contributed by atoms with Gasteiger partial charge >= 0.3 is 6.18 Å². The first-order chi connectivity index (χ1) is 14.2. The lowest BCUT2D eigenvalue weighted by molar-refractivity contribution is -0.140. The van der Waals surface area contributed by atoms with Crippen molar-refractivity contribution in [3.05, 3.63) is 88.4 Å². The lowest BCUT2D eigenvalue weighted by atomic mass is 10.0. The lowest BCUT2D eigenvalue weighted by Gasteiger charge is -2.19. The first-order valence-corrected chi connectivity index (χ1v) is 9.24. The zero-order valence-electron chi connectivity index (χ0n) is 15.7. The van der Waals surface area contributed by atoms with Crippen molar-refractivity contribution in [2.24, 2.45) is 5.73 Å². The van der Waals surface area contributed by atoms with Gasteiger partial charge in [0.25, 0.3) is 0 Å². The Hall–Kier alpha value is -3.42. The second-order valence-electron chi connectivity index (χ2n) is 7.08. The van der Waals surface area contributed by atoms with Gasteiger partial charge in [-0.25, -0.2) is 9.37 Å². The van der Waals surface area contributed by atoms with Gasteiger partial charge in [0, 0.05) is 24.0 Å². The van der Waals surface area contributed by atoms with Crippen LogP contribution in [0.4, 0.5) is 29.1 Å². The number of carbonyl (C=O) groups excluding carboxylic acids is 1. The second-order valence-corrected chi connectivity index (χ2v) is 7.08. The van der Waals surface area contributed by atoms with Crippen LogP contribution in [0, 0.1) is 5.82 Å². The minimum Gasteiger partial charge on any atom is -0.366 e. The van der Waals surface area contributed by atoms with E-state index in [1.165, 1.54) is 6.07 Å². The van der Waals surface area contributed by atoms with Crippen LogP contribution < -0.4 is 10.6 Å². The summed E-state index contributed by atoms with van der Waals surface area (Å²) in [7, 11) is 0. The van der Waals surface area contributed by atoms with Gasteiger partial charge in [0.2, 0.25) is 5.91 Å². The molecule has 0 radical (unpaired) electrons. The normalized spacial score (nSPS) is 13.4. The summed E-state index contributed by atoms with van der Waals surface area (Å²) < 4.78 is 52.5. The summed E-state index contributed by atoms with van der Waals surface area (Å²) in [5.41, 5.74) is 7.41. The van der Waals surface area contributed by atoms with Crippen LogP contribution in [0.1, 0.15) is 32.6 Å². The molecule has 0 atom stereocenters. The summed E-state index contributed by atoms with van der Waals surface area (Å²) in [6.07, 6.45) is -2.34. The van der Waals surface area contributed by atoms with Gasteiger partial charge in [-0.15, -0.1) is 0 Å². The molecule has 1 aromatic heterocycles. The first-order valence-electron chi connectivity index (χ1n) is 9.24. The molecule has 0 spiro atoms. The van der Waals surface area contributed by atoms with Gasteiger partial charge in [-0.2, -0.15) is 13.2 Å². The van der Waals surface area contributed by atoms with Crippen LogP contribution in [0.2, 0.25) is 0 Å². The Kier molecular flexibility index (Phi) is 4.93. The number of aromatic nitrogens is 1. The minimum atomic E-state index is -4.75. The third-order valence-corrected chi connectivity index (χ3v) is 5.12. The van der Waals surface area contributed by atoms with Crippen LogP contribution in [-0.4, -0.2) is 17.4 Å². The molecule has 154 valence electrons. The van der Waals surface area contributed by atoms with Gasteiger partial charge in [-0.3, -0.25) is 4.79 Å². The van der Waals surface area contributed by atoms with Crippen molar-refractivity contribution < 1.29 is 22.4 Å². The van der Waals surface area contributed by atoms with Crippen molar-refractivity contribution in [3.63, 3.8) is 0 Å². The standard InChI is InChI=1S/C22H17F4N3O/c23-18-5-4-13(11-17(18)22(24,25)26)10-14-6-8-28-20(12-14)29-9-7-15-16(21(27)30)2-1-3-19(15)29/h1-6,8,11-12H,7,9-10H2,(H2,27,30). The number of anilines is 2. The Morgan fingerprint density at radius 1 is 1.10 bits per heavy atom. The van der Waals surface area contributed by atoms with Crippen molar-refractivity contribution in [1.29, 1.82) is 0 Å². The minimum absolute atomic E-state index is 0.195. The molecule has 4 nitrogen and oxygen atoms in total. The number of nitrogens with zero attached hydrogens (tertiary/aromatic N) is 2. The van der Waals surface area contributed by atoms with E-state index in [0.717, 1.165) is 28.9 Å². The number of pyridine rings is 1. The summed E-state index contributed by atoms with van der Waals surface area (Å²) >= 11 is 0. The number of primary amides is 1. The molecule has 1 aliphatic heterocycles. The van der Waals surface area contributed by atoms with Crippen LogP contribution in [0.25, 0.3) is 0 Å². The lowest BCUT2D eigenvalue weighted by Crippen LogP contribution is -2.15. The van der Waals surface area contributed by atoms with Crippen LogP contribution in [-0.2, 0) is 19.0 Å². The van der Waals surface area contributed by atoms with E-state index in [-0.39, 0.29) is 6.42 Å². The molecule has 1 amide bonds. The maximum absolute atomic E-state index is 13.5. The van der Waals surface area contributed by atoms with Crippen LogP contribution >= 0.6 is 0 Å². The number of benzene rings is 2. The number of hydrogen-bond acceptors (Lipinski definition) is 3. The van der Waals surface area contributed by atoms with E-state index in [4.69, 9.17) is 5.73 Å². The molecule has 0 fully saturated rings. The number of fused-ring (bicyclic) bond motifs is 1. The second kappa shape index (κ2) is 7.44. The van der Waals surface area contributed by atoms with Gasteiger partial charge in [0.05, 0.1) is 5.56 Å². The average molecular weight is 415 g/mol. The van der Waals surface area contributed by atoms with E-state index in [1.807, 2.05) is 11.0 Å². The van der Waals surface area contributed by atoms with Crippen molar-refractivity contribution in [2.75, 3.05) is 11.4 Å². The average Bonchev–Trinajstić information content (AvgIpc) is 3.13. The Labute approximate surface area is 170 Å². The van der Waals surface area contributed by atoms with Crippen molar-refractivity contribution in [1.82, 2.24) is 4.98 Å². The summed E-state index contributed by atoms with van der Waals surface area (Å²) in [6.45, 7) is 0.602. The van der Waals surface area contributed by atoms with E-state index >= 15 is 0 Å². The number of amides is 1. The molecule has 2 heterocycles. The zero-order valence-corrected chi connectivity index (χ0v) is 15.7. The predicted octanol–water partition coefficient (Wildman–Crippen LogP) is 4.62. The quantitative estimate of drug-likeness (QED) is 0.633. The fourth-order valence-electron chi connectivity index (χ4n) is 3.76. The number of rotatable bonds is 4. The number of carbonyl (C=O) groups is 1. The largest absolute Gasteiger partial charge is 0.419 e. The number of hydrogen-bond donors (Lipinski definition) is 1. The predicted molar refractivity (Wildman–Crippen MR) is 104 cm³/mol. The topological polar surface area (TPSA) is 59.2 Å². The fraction of sp³-hybridized carbons (Fsp3) is 0.182. The summed E-state index contributed by atoms with van der Waals surface area (Å²) in [5, 5.41) is 0. The Balaban J connectivity index is 1.63. The molecule has 3 aromatic rings. The molecule has 0 saturated carbocycles. The van der Waals surface area contributed by atoms with E-state index in [1.54, 1.807) is 30.5 Å².